The van der Waals surface area contributed by atoms with E-state index < -0.39 is 0 Å². The number of carbonyl (C=O) groups is 3. The van der Waals surface area contributed by atoms with Gasteiger partial charge in [-0.3, -0.25) is 14.4 Å². The zero-order valence-electron chi connectivity index (χ0n) is 33.9. The Hall–Kier alpha value is -1.63. The van der Waals surface area contributed by atoms with Crippen LogP contribution in [-0.2, 0) is 28.6 Å². The lowest BCUT2D eigenvalue weighted by atomic mass is 9.77. The molecule has 298 valence electrons. The number of carbonyl (C=O) groups excluding carboxylic acids is 3. The molecule has 2 aliphatic carbocycles. The van der Waals surface area contributed by atoms with Gasteiger partial charge in [0.1, 0.15) is 6.10 Å². The Bertz CT molecular complexity index is 871. The second kappa shape index (κ2) is 29.8. The van der Waals surface area contributed by atoms with Gasteiger partial charge in [0.05, 0.1) is 13.2 Å². The SMILES string of the molecule is CCCCCC(CCCCC)CCOC(=O)CCCCCCCC(CCCCCCCC(=O)OCC1C[C@H]2CC[C@H]2C1)OC(=O)CCCN(C)C. The van der Waals surface area contributed by atoms with Crippen LogP contribution in [-0.4, -0.2) is 62.8 Å². The van der Waals surface area contributed by atoms with Gasteiger partial charge >= 0.3 is 17.9 Å². The highest BCUT2D eigenvalue weighted by Crippen LogP contribution is 2.49. The van der Waals surface area contributed by atoms with Gasteiger partial charge in [-0.05, 0) is 121 Å². The van der Waals surface area contributed by atoms with Crippen molar-refractivity contribution in [1.29, 1.82) is 0 Å². The molecule has 0 radical (unpaired) electrons. The minimum absolute atomic E-state index is 0.0135. The molecular weight excluding hydrogens is 638 g/mol. The van der Waals surface area contributed by atoms with E-state index in [4.69, 9.17) is 14.2 Å². The fraction of sp³-hybridized carbons (Fsp3) is 0.932. The average Bonchev–Trinajstić information content (AvgIpc) is 3.38. The average molecular weight is 720 g/mol. The van der Waals surface area contributed by atoms with E-state index in [1.54, 1.807) is 0 Å². The third kappa shape index (κ3) is 23.6. The quantitative estimate of drug-likeness (QED) is 0.0372. The first-order valence-corrected chi connectivity index (χ1v) is 22.0. The highest BCUT2D eigenvalue weighted by Gasteiger charge is 2.40. The number of rotatable bonds is 34. The molecule has 0 heterocycles. The van der Waals surface area contributed by atoms with Crippen LogP contribution >= 0.6 is 0 Å². The largest absolute Gasteiger partial charge is 0.466 e. The van der Waals surface area contributed by atoms with E-state index >= 15 is 0 Å². The summed E-state index contributed by atoms with van der Waals surface area (Å²) in [5, 5.41) is 0. The number of nitrogens with zero attached hydrogens (tertiary/aromatic N) is 1. The number of unbranched alkanes of at least 4 members (excludes halogenated alkanes) is 12. The van der Waals surface area contributed by atoms with E-state index in [0.717, 1.165) is 108 Å². The number of hydrogen-bond acceptors (Lipinski definition) is 7. The topological polar surface area (TPSA) is 82.1 Å². The maximum absolute atomic E-state index is 12.6. The smallest absolute Gasteiger partial charge is 0.306 e. The summed E-state index contributed by atoms with van der Waals surface area (Å²) in [6.07, 6.45) is 31.1. The molecule has 0 N–H and O–H groups in total. The van der Waals surface area contributed by atoms with E-state index in [-0.39, 0.29) is 24.0 Å². The molecule has 2 rings (SSSR count). The van der Waals surface area contributed by atoms with E-state index in [2.05, 4.69) is 18.7 Å². The van der Waals surface area contributed by atoms with Gasteiger partial charge < -0.3 is 19.1 Å². The maximum Gasteiger partial charge on any atom is 0.306 e. The van der Waals surface area contributed by atoms with Crippen molar-refractivity contribution in [3.63, 3.8) is 0 Å². The number of hydrogen-bond donors (Lipinski definition) is 0. The van der Waals surface area contributed by atoms with Crippen molar-refractivity contribution in [3.05, 3.63) is 0 Å². The molecule has 0 aromatic carbocycles. The molecular formula is C44H81NO6. The van der Waals surface area contributed by atoms with Crippen molar-refractivity contribution >= 4 is 17.9 Å². The summed E-state index contributed by atoms with van der Waals surface area (Å²) >= 11 is 0. The second-order valence-corrected chi connectivity index (χ2v) is 16.6. The van der Waals surface area contributed by atoms with Gasteiger partial charge in [-0.15, -0.1) is 0 Å². The van der Waals surface area contributed by atoms with Crippen molar-refractivity contribution in [2.24, 2.45) is 23.7 Å². The Morgan fingerprint density at radius 3 is 1.59 bits per heavy atom. The molecule has 0 amide bonds. The van der Waals surface area contributed by atoms with Crippen LogP contribution in [0.4, 0.5) is 0 Å². The summed E-state index contributed by atoms with van der Waals surface area (Å²) in [6.45, 7) is 6.61. The molecule has 0 aromatic rings. The molecule has 0 aliphatic heterocycles. The summed E-state index contributed by atoms with van der Waals surface area (Å²) in [6, 6.07) is 0. The molecule has 0 bridgehead atoms. The number of ether oxygens (including phenoxy) is 3. The fourth-order valence-corrected chi connectivity index (χ4v) is 8.23. The number of fused-ring (bicyclic) bond motifs is 1. The van der Waals surface area contributed by atoms with Gasteiger partial charge in [-0.1, -0.05) is 104 Å². The Morgan fingerprint density at radius 2 is 1.06 bits per heavy atom. The van der Waals surface area contributed by atoms with Crippen molar-refractivity contribution in [2.75, 3.05) is 33.9 Å². The normalized spacial score (nSPS) is 18.8. The van der Waals surface area contributed by atoms with E-state index in [1.165, 1.54) is 77.0 Å². The van der Waals surface area contributed by atoms with Gasteiger partial charge in [0, 0.05) is 19.3 Å². The fourth-order valence-electron chi connectivity index (χ4n) is 8.23. The molecule has 4 atom stereocenters. The van der Waals surface area contributed by atoms with E-state index in [1.807, 2.05) is 14.1 Å². The summed E-state index contributed by atoms with van der Waals surface area (Å²) < 4.78 is 17.2. The Morgan fingerprint density at radius 1 is 0.569 bits per heavy atom. The summed E-state index contributed by atoms with van der Waals surface area (Å²) in [7, 11) is 4.06. The van der Waals surface area contributed by atoms with Crippen LogP contribution in [0.5, 0.6) is 0 Å². The lowest BCUT2D eigenvalue weighted by molar-refractivity contribution is -0.150. The highest BCUT2D eigenvalue weighted by molar-refractivity contribution is 5.70. The molecule has 0 aromatic heterocycles. The first kappa shape index (κ1) is 45.5. The van der Waals surface area contributed by atoms with Crippen molar-refractivity contribution < 1.29 is 28.6 Å². The second-order valence-electron chi connectivity index (χ2n) is 16.6. The summed E-state index contributed by atoms with van der Waals surface area (Å²) in [5.74, 6) is 3.00. The van der Waals surface area contributed by atoms with Gasteiger partial charge in [0.25, 0.3) is 0 Å². The molecule has 7 heteroatoms. The van der Waals surface area contributed by atoms with E-state index in [9.17, 15) is 14.4 Å². The monoisotopic (exact) mass is 720 g/mol. The molecule has 0 saturated heterocycles. The Kier molecular flexibility index (Phi) is 26.6. The van der Waals surface area contributed by atoms with Gasteiger partial charge in [-0.25, -0.2) is 0 Å². The first-order chi connectivity index (χ1) is 24.8. The number of esters is 3. The highest BCUT2D eigenvalue weighted by atomic mass is 16.5. The van der Waals surface area contributed by atoms with Gasteiger partial charge in [0.15, 0.2) is 0 Å². The lowest BCUT2D eigenvalue weighted by Crippen LogP contribution is -2.20. The molecule has 2 fully saturated rings. The third-order valence-corrected chi connectivity index (χ3v) is 11.6. The minimum atomic E-state index is -0.0719. The van der Waals surface area contributed by atoms with Crippen LogP contribution in [0, 0.1) is 23.7 Å². The molecule has 2 unspecified atom stereocenters. The van der Waals surface area contributed by atoms with Gasteiger partial charge in [-0.2, -0.15) is 0 Å². The summed E-state index contributed by atoms with van der Waals surface area (Å²) in [5.41, 5.74) is 0. The van der Waals surface area contributed by atoms with Crippen LogP contribution < -0.4 is 0 Å². The third-order valence-electron chi connectivity index (χ3n) is 11.6. The Balaban J connectivity index is 1.54. The predicted octanol–water partition coefficient (Wildman–Crippen LogP) is 11.4. The van der Waals surface area contributed by atoms with Crippen LogP contribution in [0.2, 0.25) is 0 Å². The summed E-state index contributed by atoms with van der Waals surface area (Å²) in [4.78, 5) is 39.3. The lowest BCUT2D eigenvalue weighted by Gasteiger charge is -2.29. The van der Waals surface area contributed by atoms with Crippen molar-refractivity contribution in [3.8, 4) is 0 Å². The van der Waals surface area contributed by atoms with Crippen molar-refractivity contribution in [2.45, 2.75) is 206 Å². The Labute approximate surface area is 314 Å². The standard InChI is InChI=1S/C44H81NO6/c1-5-7-15-22-37(23-16-8-6-2)31-33-49-42(46)26-19-13-9-11-17-24-41(51-44(48)28-21-32-45(3)4)25-18-12-10-14-20-27-43(47)50-36-38-34-39-29-30-40(39)35-38/h37-41H,5-36H2,1-4H3/t38?,39-,40+,41?. The zero-order chi connectivity index (χ0) is 36.9. The van der Waals surface area contributed by atoms with Crippen LogP contribution in [0.1, 0.15) is 200 Å². The molecule has 51 heavy (non-hydrogen) atoms. The van der Waals surface area contributed by atoms with Crippen LogP contribution in [0.25, 0.3) is 0 Å². The minimum Gasteiger partial charge on any atom is -0.466 e. The molecule has 2 aliphatic rings. The molecule has 7 nitrogen and oxygen atoms in total. The van der Waals surface area contributed by atoms with Crippen molar-refractivity contribution in [1.82, 2.24) is 4.90 Å². The van der Waals surface area contributed by atoms with Crippen LogP contribution in [0.15, 0.2) is 0 Å². The predicted molar refractivity (Wildman–Crippen MR) is 210 cm³/mol. The maximum atomic E-state index is 12.6. The zero-order valence-corrected chi connectivity index (χ0v) is 33.9. The molecule has 0 spiro atoms. The van der Waals surface area contributed by atoms with Crippen LogP contribution in [0.3, 0.4) is 0 Å². The first-order valence-electron chi connectivity index (χ1n) is 22.0. The van der Waals surface area contributed by atoms with Gasteiger partial charge in [0.2, 0.25) is 0 Å². The molecule has 2 saturated carbocycles. The van der Waals surface area contributed by atoms with E-state index in [0.29, 0.717) is 44.3 Å².